The topological polar surface area (TPSA) is 12.5 Å². The lowest BCUT2D eigenvalue weighted by Crippen LogP contribution is -2.36. The number of nitrogens with zero attached hydrogens (tertiary/aromatic N) is 1. The summed E-state index contributed by atoms with van der Waals surface area (Å²) in [5, 5.41) is 2.61. The number of rotatable bonds is 3. The molecule has 0 bridgehead atoms. The van der Waals surface area contributed by atoms with Crippen LogP contribution in [0.4, 0.5) is 0 Å². The van der Waals surface area contributed by atoms with Crippen molar-refractivity contribution in [3.8, 4) is 0 Å². The predicted octanol–water partition coefficient (Wildman–Crippen LogP) is 4.00. The van der Waals surface area contributed by atoms with Gasteiger partial charge in [-0.15, -0.1) is 12.4 Å². The standard InChI is InChI=1S/C18H21NO.ClH/c1-15(8-9-19-10-12-20-13-11-19)17-7-6-16-4-2-3-5-18(16)14-17;/h2-8,14H,9-13H2,1H3;1H/b15-8+;. The molecule has 0 spiro atoms. The Bertz CT molecular complexity index is 617. The maximum atomic E-state index is 5.38. The monoisotopic (exact) mass is 303 g/mol. The van der Waals surface area contributed by atoms with E-state index in [2.05, 4.69) is 60.4 Å². The minimum atomic E-state index is 0. The number of halogens is 1. The number of morpholine rings is 1. The first kappa shape index (κ1) is 16.0. The van der Waals surface area contributed by atoms with Gasteiger partial charge in [-0.3, -0.25) is 4.90 Å². The first-order valence-corrected chi connectivity index (χ1v) is 7.29. The third kappa shape index (κ3) is 4.07. The van der Waals surface area contributed by atoms with E-state index in [1.807, 2.05) is 0 Å². The highest BCUT2D eigenvalue weighted by Crippen LogP contribution is 2.21. The third-order valence-corrected chi connectivity index (χ3v) is 3.96. The van der Waals surface area contributed by atoms with E-state index in [9.17, 15) is 0 Å². The van der Waals surface area contributed by atoms with Crippen molar-refractivity contribution in [1.29, 1.82) is 0 Å². The van der Waals surface area contributed by atoms with Gasteiger partial charge >= 0.3 is 0 Å². The maximum Gasteiger partial charge on any atom is 0.0594 e. The van der Waals surface area contributed by atoms with Crippen LogP contribution in [-0.2, 0) is 4.74 Å². The average Bonchev–Trinajstić information content (AvgIpc) is 2.53. The summed E-state index contributed by atoms with van der Waals surface area (Å²) in [6.07, 6.45) is 2.33. The maximum absolute atomic E-state index is 5.38. The molecule has 2 nitrogen and oxygen atoms in total. The fourth-order valence-electron chi connectivity index (χ4n) is 2.60. The zero-order chi connectivity index (χ0) is 13.8. The van der Waals surface area contributed by atoms with Gasteiger partial charge in [0.15, 0.2) is 0 Å². The van der Waals surface area contributed by atoms with Crippen LogP contribution in [0.15, 0.2) is 48.5 Å². The van der Waals surface area contributed by atoms with Crippen molar-refractivity contribution in [3.63, 3.8) is 0 Å². The average molecular weight is 304 g/mol. The molecule has 3 heteroatoms. The summed E-state index contributed by atoms with van der Waals surface area (Å²) in [5.41, 5.74) is 2.67. The predicted molar refractivity (Wildman–Crippen MR) is 92.1 cm³/mol. The van der Waals surface area contributed by atoms with Crippen molar-refractivity contribution in [2.24, 2.45) is 0 Å². The van der Waals surface area contributed by atoms with Crippen molar-refractivity contribution < 1.29 is 4.74 Å². The van der Waals surface area contributed by atoms with E-state index in [0.29, 0.717) is 0 Å². The van der Waals surface area contributed by atoms with E-state index in [1.165, 1.54) is 21.9 Å². The molecule has 1 aliphatic heterocycles. The van der Waals surface area contributed by atoms with Crippen LogP contribution in [0.3, 0.4) is 0 Å². The molecule has 0 unspecified atom stereocenters. The summed E-state index contributed by atoms with van der Waals surface area (Å²) in [6.45, 7) is 7.03. The van der Waals surface area contributed by atoms with E-state index in [4.69, 9.17) is 4.74 Å². The van der Waals surface area contributed by atoms with Gasteiger partial charge in [0.05, 0.1) is 13.2 Å². The minimum Gasteiger partial charge on any atom is -0.379 e. The SMILES string of the molecule is C/C(=C\CN1CCOCC1)c1ccc2ccccc2c1.Cl. The molecule has 1 heterocycles. The molecule has 0 aromatic heterocycles. The number of fused-ring (bicyclic) bond motifs is 1. The second-order valence-corrected chi connectivity index (χ2v) is 5.36. The molecule has 0 radical (unpaired) electrons. The molecule has 2 aromatic carbocycles. The largest absolute Gasteiger partial charge is 0.379 e. The smallest absolute Gasteiger partial charge is 0.0594 e. The molecule has 112 valence electrons. The Hall–Kier alpha value is -1.35. The Morgan fingerprint density at radius 1 is 1.10 bits per heavy atom. The fourth-order valence-corrected chi connectivity index (χ4v) is 2.60. The molecule has 21 heavy (non-hydrogen) atoms. The second-order valence-electron chi connectivity index (χ2n) is 5.36. The van der Waals surface area contributed by atoms with Crippen molar-refractivity contribution in [1.82, 2.24) is 4.90 Å². The van der Waals surface area contributed by atoms with Gasteiger partial charge in [-0.1, -0.05) is 42.5 Å². The van der Waals surface area contributed by atoms with Gasteiger partial charge < -0.3 is 4.74 Å². The number of benzene rings is 2. The number of hydrogen-bond acceptors (Lipinski definition) is 2. The lowest BCUT2D eigenvalue weighted by Gasteiger charge is -2.25. The Morgan fingerprint density at radius 2 is 1.81 bits per heavy atom. The van der Waals surface area contributed by atoms with Crippen LogP contribution in [0.25, 0.3) is 16.3 Å². The molecule has 0 atom stereocenters. The Balaban J connectivity index is 0.00000161. The molecule has 3 rings (SSSR count). The summed E-state index contributed by atoms with van der Waals surface area (Å²) in [5.74, 6) is 0. The Morgan fingerprint density at radius 3 is 2.57 bits per heavy atom. The molecule has 2 aromatic rings. The Kier molecular flexibility index (Phi) is 5.80. The van der Waals surface area contributed by atoms with Gasteiger partial charge in [0.2, 0.25) is 0 Å². The van der Waals surface area contributed by atoms with Crippen molar-refractivity contribution in [2.45, 2.75) is 6.92 Å². The second kappa shape index (κ2) is 7.60. The molecule has 1 saturated heterocycles. The van der Waals surface area contributed by atoms with Crippen molar-refractivity contribution in [3.05, 3.63) is 54.1 Å². The van der Waals surface area contributed by atoms with Crippen LogP contribution in [-0.4, -0.2) is 37.7 Å². The van der Waals surface area contributed by atoms with Crippen LogP contribution in [0, 0.1) is 0 Å². The summed E-state index contributed by atoms with van der Waals surface area (Å²) < 4.78 is 5.38. The van der Waals surface area contributed by atoms with Crippen molar-refractivity contribution >= 4 is 28.8 Å². The van der Waals surface area contributed by atoms with E-state index >= 15 is 0 Å². The van der Waals surface area contributed by atoms with E-state index in [1.54, 1.807) is 0 Å². The van der Waals surface area contributed by atoms with E-state index in [-0.39, 0.29) is 12.4 Å². The zero-order valence-electron chi connectivity index (χ0n) is 12.4. The van der Waals surface area contributed by atoms with Crippen LogP contribution in [0.1, 0.15) is 12.5 Å². The summed E-state index contributed by atoms with van der Waals surface area (Å²) in [4.78, 5) is 2.44. The van der Waals surface area contributed by atoms with Gasteiger partial charge in [0, 0.05) is 19.6 Å². The van der Waals surface area contributed by atoms with Crippen LogP contribution >= 0.6 is 12.4 Å². The molecule has 0 aliphatic carbocycles. The first-order valence-electron chi connectivity index (χ1n) is 7.29. The van der Waals surface area contributed by atoms with Crippen LogP contribution < -0.4 is 0 Å². The zero-order valence-corrected chi connectivity index (χ0v) is 13.2. The molecular formula is C18H22ClNO. The summed E-state index contributed by atoms with van der Waals surface area (Å²) in [6, 6.07) is 15.2. The molecule has 0 amide bonds. The Labute approximate surface area is 132 Å². The molecular weight excluding hydrogens is 282 g/mol. The fraction of sp³-hybridized carbons (Fsp3) is 0.333. The number of ether oxygens (including phenoxy) is 1. The summed E-state index contributed by atoms with van der Waals surface area (Å²) >= 11 is 0. The lowest BCUT2D eigenvalue weighted by molar-refractivity contribution is 0.0435. The molecule has 1 aliphatic rings. The van der Waals surface area contributed by atoms with Crippen molar-refractivity contribution in [2.75, 3.05) is 32.8 Å². The third-order valence-electron chi connectivity index (χ3n) is 3.96. The molecule has 1 fully saturated rings. The van der Waals surface area contributed by atoms with Crippen LogP contribution in [0.5, 0.6) is 0 Å². The lowest BCUT2D eigenvalue weighted by atomic mass is 10.0. The van der Waals surface area contributed by atoms with Gasteiger partial charge in [0.1, 0.15) is 0 Å². The number of hydrogen-bond donors (Lipinski definition) is 0. The van der Waals surface area contributed by atoms with E-state index < -0.39 is 0 Å². The highest BCUT2D eigenvalue weighted by atomic mass is 35.5. The first-order chi connectivity index (χ1) is 9.83. The van der Waals surface area contributed by atoms with Gasteiger partial charge in [0.25, 0.3) is 0 Å². The van der Waals surface area contributed by atoms with Gasteiger partial charge in [-0.2, -0.15) is 0 Å². The quantitative estimate of drug-likeness (QED) is 0.850. The summed E-state index contributed by atoms with van der Waals surface area (Å²) in [7, 11) is 0. The highest BCUT2D eigenvalue weighted by Gasteiger charge is 2.08. The van der Waals surface area contributed by atoms with Gasteiger partial charge in [-0.05, 0) is 34.9 Å². The number of allylic oxidation sites excluding steroid dienone is 1. The van der Waals surface area contributed by atoms with Gasteiger partial charge in [-0.25, -0.2) is 0 Å². The molecule has 0 N–H and O–H groups in total. The highest BCUT2D eigenvalue weighted by molar-refractivity contribution is 5.86. The van der Waals surface area contributed by atoms with E-state index in [0.717, 1.165) is 32.8 Å². The normalized spacial score (nSPS) is 16.7. The minimum absolute atomic E-state index is 0. The van der Waals surface area contributed by atoms with Crippen LogP contribution in [0.2, 0.25) is 0 Å². The molecule has 0 saturated carbocycles.